The van der Waals surface area contributed by atoms with Gasteiger partial charge in [0.25, 0.3) is 5.91 Å². The molecule has 0 aliphatic carbocycles. The van der Waals surface area contributed by atoms with E-state index in [0.717, 1.165) is 11.3 Å². The van der Waals surface area contributed by atoms with Gasteiger partial charge in [-0.1, -0.05) is 0 Å². The fourth-order valence-electron chi connectivity index (χ4n) is 1.43. The highest BCUT2D eigenvalue weighted by Crippen LogP contribution is 2.11. The normalized spacial score (nSPS) is 10.2. The van der Waals surface area contributed by atoms with Gasteiger partial charge >= 0.3 is 0 Å². The average molecular weight is 233 g/mol. The second-order valence-corrected chi connectivity index (χ2v) is 3.62. The minimum absolute atomic E-state index is 0.0492. The molecule has 7 nitrogen and oxygen atoms in total. The molecule has 88 valence electrons. The smallest absolute Gasteiger partial charge is 0.282 e. The van der Waals surface area contributed by atoms with Gasteiger partial charge in [0.2, 0.25) is 11.5 Å². The van der Waals surface area contributed by atoms with Crippen LogP contribution < -0.4 is 11.1 Å². The van der Waals surface area contributed by atoms with E-state index >= 15 is 0 Å². The predicted molar refractivity (Wildman–Crippen MR) is 60.4 cm³/mol. The third-order valence-electron chi connectivity index (χ3n) is 2.07. The largest absolute Gasteiger partial charge is 0.379 e. The van der Waals surface area contributed by atoms with Gasteiger partial charge in [0.15, 0.2) is 0 Å². The van der Waals surface area contributed by atoms with Crippen molar-refractivity contribution < 1.29 is 9.42 Å². The highest BCUT2D eigenvalue weighted by molar-refractivity contribution is 6.05. The molecule has 0 unspecified atom stereocenters. The number of carbonyl (C=O) groups is 1. The van der Waals surface area contributed by atoms with E-state index < -0.39 is 5.91 Å². The molecule has 1 amide bonds. The Balaban J connectivity index is 2.21. The van der Waals surface area contributed by atoms with E-state index in [4.69, 9.17) is 5.73 Å². The quantitative estimate of drug-likeness (QED) is 0.798. The molecular formula is C10H11N5O2. The number of carbonyl (C=O) groups excluding carboxylic acids is 1. The first-order valence-corrected chi connectivity index (χ1v) is 4.91. The van der Waals surface area contributed by atoms with Crippen molar-refractivity contribution in [3.05, 3.63) is 29.1 Å². The number of anilines is 2. The summed E-state index contributed by atoms with van der Waals surface area (Å²) in [6.07, 6.45) is 0. The van der Waals surface area contributed by atoms with E-state index in [1.807, 2.05) is 19.9 Å². The molecule has 2 aromatic rings. The zero-order chi connectivity index (χ0) is 12.4. The first-order valence-electron chi connectivity index (χ1n) is 4.91. The molecule has 0 saturated carbocycles. The van der Waals surface area contributed by atoms with E-state index in [1.165, 1.54) is 0 Å². The van der Waals surface area contributed by atoms with Crippen LogP contribution in [0.3, 0.4) is 0 Å². The Bertz CT molecular complexity index is 543. The molecule has 0 radical (unpaired) electrons. The lowest BCUT2D eigenvalue weighted by Crippen LogP contribution is -2.15. The Morgan fingerprint density at radius 1 is 1.35 bits per heavy atom. The van der Waals surface area contributed by atoms with E-state index in [0.29, 0.717) is 5.82 Å². The van der Waals surface area contributed by atoms with Gasteiger partial charge in [0.05, 0.1) is 0 Å². The van der Waals surface area contributed by atoms with Crippen LogP contribution in [0.1, 0.15) is 21.7 Å². The minimum atomic E-state index is -0.499. The number of pyridine rings is 1. The standard InChI is InChI=1S/C10H11N5O2/c1-5-3-6(2)12-7(4-5)13-10(16)8-9(11)15-17-14-8/h3-4H,1-2H3,(H2,11,15)(H,12,13,16). The molecule has 0 saturated heterocycles. The maximum atomic E-state index is 11.7. The van der Waals surface area contributed by atoms with Gasteiger partial charge < -0.3 is 11.1 Å². The van der Waals surface area contributed by atoms with Crippen LogP contribution in [0.25, 0.3) is 0 Å². The fraction of sp³-hybridized carbons (Fsp3) is 0.200. The average Bonchev–Trinajstić information content (AvgIpc) is 2.62. The first-order chi connectivity index (χ1) is 8.06. The zero-order valence-electron chi connectivity index (χ0n) is 9.39. The molecule has 3 N–H and O–H groups in total. The molecule has 2 aromatic heterocycles. The van der Waals surface area contributed by atoms with Gasteiger partial charge in [-0.05, 0) is 41.9 Å². The third-order valence-corrected chi connectivity index (χ3v) is 2.07. The molecule has 7 heteroatoms. The number of nitrogens with one attached hydrogen (secondary N) is 1. The van der Waals surface area contributed by atoms with Crippen molar-refractivity contribution in [2.24, 2.45) is 0 Å². The fourth-order valence-corrected chi connectivity index (χ4v) is 1.43. The summed E-state index contributed by atoms with van der Waals surface area (Å²) in [6, 6.07) is 3.65. The summed E-state index contributed by atoms with van der Waals surface area (Å²) in [6.45, 7) is 3.75. The highest BCUT2D eigenvalue weighted by Gasteiger charge is 2.16. The highest BCUT2D eigenvalue weighted by atomic mass is 16.6. The number of rotatable bonds is 2. The van der Waals surface area contributed by atoms with Crippen LogP contribution in [0.4, 0.5) is 11.6 Å². The van der Waals surface area contributed by atoms with Gasteiger partial charge in [-0.25, -0.2) is 9.61 Å². The van der Waals surface area contributed by atoms with Crippen LogP contribution in [-0.2, 0) is 0 Å². The molecule has 0 bridgehead atoms. The minimum Gasteiger partial charge on any atom is -0.379 e. The Morgan fingerprint density at radius 3 is 2.71 bits per heavy atom. The van der Waals surface area contributed by atoms with E-state index in [1.54, 1.807) is 6.07 Å². The van der Waals surface area contributed by atoms with E-state index in [2.05, 4.69) is 25.2 Å². The summed E-state index contributed by atoms with van der Waals surface area (Å²) in [5.41, 5.74) is 7.17. The summed E-state index contributed by atoms with van der Waals surface area (Å²) in [5.74, 6) is -0.108. The summed E-state index contributed by atoms with van der Waals surface area (Å²) in [4.78, 5) is 15.9. The van der Waals surface area contributed by atoms with E-state index in [9.17, 15) is 4.79 Å². The lowest BCUT2D eigenvalue weighted by atomic mass is 10.2. The molecule has 0 aliphatic heterocycles. The summed E-state index contributed by atoms with van der Waals surface area (Å²) in [7, 11) is 0. The van der Waals surface area contributed by atoms with Crippen molar-refractivity contribution >= 4 is 17.5 Å². The molecule has 0 atom stereocenters. The predicted octanol–water partition coefficient (Wildman–Crippen LogP) is 0.916. The van der Waals surface area contributed by atoms with Gasteiger partial charge in [-0.3, -0.25) is 4.79 Å². The van der Waals surface area contributed by atoms with Crippen LogP contribution >= 0.6 is 0 Å². The summed E-state index contributed by atoms with van der Waals surface area (Å²) >= 11 is 0. The van der Waals surface area contributed by atoms with Gasteiger partial charge in [-0.2, -0.15) is 0 Å². The van der Waals surface area contributed by atoms with Gasteiger partial charge in [0, 0.05) is 5.69 Å². The molecule has 17 heavy (non-hydrogen) atoms. The molecule has 0 spiro atoms. The maximum absolute atomic E-state index is 11.7. The molecule has 0 aliphatic rings. The van der Waals surface area contributed by atoms with Crippen molar-refractivity contribution in [3.8, 4) is 0 Å². The molecule has 0 fully saturated rings. The van der Waals surface area contributed by atoms with Crippen LogP contribution in [-0.4, -0.2) is 21.2 Å². The Kier molecular flexibility index (Phi) is 2.73. The number of nitrogens with two attached hydrogens (primary N) is 1. The maximum Gasteiger partial charge on any atom is 0.282 e. The van der Waals surface area contributed by atoms with Crippen LogP contribution in [0.2, 0.25) is 0 Å². The second-order valence-electron chi connectivity index (χ2n) is 3.62. The number of aromatic nitrogens is 3. The Morgan fingerprint density at radius 2 is 2.12 bits per heavy atom. The zero-order valence-corrected chi connectivity index (χ0v) is 9.39. The number of nitrogen functional groups attached to an aromatic ring is 1. The summed E-state index contributed by atoms with van der Waals surface area (Å²) in [5, 5.41) is 9.30. The monoisotopic (exact) mass is 233 g/mol. The number of aryl methyl sites for hydroxylation is 2. The van der Waals surface area contributed by atoms with Crippen molar-refractivity contribution in [1.29, 1.82) is 0 Å². The molecule has 2 heterocycles. The van der Waals surface area contributed by atoms with E-state index in [-0.39, 0.29) is 11.5 Å². The Labute approximate surface area is 97.0 Å². The van der Waals surface area contributed by atoms with Crippen LogP contribution in [0, 0.1) is 13.8 Å². The molecular weight excluding hydrogens is 222 g/mol. The SMILES string of the molecule is Cc1cc(C)nc(NC(=O)c2nonc2N)c1. The van der Waals surface area contributed by atoms with Crippen molar-refractivity contribution in [1.82, 2.24) is 15.3 Å². The second kappa shape index (κ2) is 4.20. The van der Waals surface area contributed by atoms with Crippen LogP contribution in [0.15, 0.2) is 16.8 Å². The van der Waals surface area contributed by atoms with Crippen molar-refractivity contribution in [3.63, 3.8) is 0 Å². The lowest BCUT2D eigenvalue weighted by molar-refractivity contribution is 0.101. The van der Waals surface area contributed by atoms with Crippen LogP contribution in [0.5, 0.6) is 0 Å². The summed E-state index contributed by atoms with van der Waals surface area (Å²) < 4.78 is 4.35. The van der Waals surface area contributed by atoms with Gasteiger partial charge in [-0.15, -0.1) is 0 Å². The Hall–Kier alpha value is -2.44. The number of amides is 1. The molecule has 0 aromatic carbocycles. The molecule has 2 rings (SSSR count). The topological polar surface area (TPSA) is 107 Å². The number of hydrogen-bond donors (Lipinski definition) is 2. The third kappa shape index (κ3) is 2.39. The number of nitrogens with zero attached hydrogens (tertiary/aromatic N) is 3. The lowest BCUT2D eigenvalue weighted by Gasteiger charge is -2.04. The van der Waals surface area contributed by atoms with Crippen molar-refractivity contribution in [2.75, 3.05) is 11.1 Å². The van der Waals surface area contributed by atoms with Crippen molar-refractivity contribution in [2.45, 2.75) is 13.8 Å². The first kappa shape index (κ1) is 11.1. The van der Waals surface area contributed by atoms with Gasteiger partial charge in [0.1, 0.15) is 5.82 Å². The number of hydrogen-bond acceptors (Lipinski definition) is 6.